The van der Waals surface area contributed by atoms with Crippen LogP contribution in [0.1, 0.15) is 46.1 Å². The van der Waals surface area contributed by atoms with Crippen molar-refractivity contribution in [2.75, 3.05) is 19.7 Å². The summed E-state index contributed by atoms with van der Waals surface area (Å²) in [5.74, 6) is -1.54. The Balaban J connectivity index is 1.93. The Morgan fingerprint density at radius 1 is 1.18 bits per heavy atom. The molecule has 3 N–H and O–H groups in total. The zero-order chi connectivity index (χ0) is 24.6. The number of ether oxygens (including phenoxy) is 2. The van der Waals surface area contributed by atoms with Crippen LogP contribution in [0.15, 0.2) is 24.3 Å². The monoisotopic (exact) mass is 463 g/mol. The molecule has 1 saturated heterocycles. The number of aromatic hydroxyl groups is 1. The lowest BCUT2D eigenvalue weighted by atomic mass is 10.1. The second-order valence-corrected chi connectivity index (χ2v) is 8.79. The Labute approximate surface area is 193 Å². The summed E-state index contributed by atoms with van der Waals surface area (Å²) < 4.78 is 10.4. The fraction of sp³-hybridized carbons (Fsp3) is 0.565. The highest BCUT2D eigenvalue weighted by molar-refractivity contribution is 5.91. The van der Waals surface area contributed by atoms with Gasteiger partial charge in [-0.2, -0.15) is 0 Å². The molecule has 1 aromatic rings. The lowest BCUT2D eigenvalue weighted by Gasteiger charge is -2.28. The van der Waals surface area contributed by atoms with Crippen molar-refractivity contribution in [2.45, 2.75) is 64.6 Å². The van der Waals surface area contributed by atoms with E-state index < -0.39 is 41.6 Å². The summed E-state index contributed by atoms with van der Waals surface area (Å²) in [6.07, 6.45) is 0.717. The maximum absolute atomic E-state index is 12.6. The van der Waals surface area contributed by atoms with Crippen molar-refractivity contribution in [2.24, 2.45) is 0 Å². The minimum absolute atomic E-state index is 0.0884. The lowest BCUT2D eigenvalue weighted by molar-refractivity contribution is -0.147. The van der Waals surface area contributed by atoms with Crippen molar-refractivity contribution in [1.82, 2.24) is 15.5 Å². The van der Waals surface area contributed by atoms with Gasteiger partial charge in [0.2, 0.25) is 11.8 Å². The molecule has 182 valence electrons. The number of hydrogen-bond donors (Lipinski definition) is 3. The molecule has 10 nitrogen and oxygen atoms in total. The van der Waals surface area contributed by atoms with Crippen molar-refractivity contribution in [3.63, 3.8) is 0 Å². The van der Waals surface area contributed by atoms with Crippen LogP contribution in [0.5, 0.6) is 5.75 Å². The predicted molar refractivity (Wildman–Crippen MR) is 119 cm³/mol. The highest BCUT2D eigenvalue weighted by atomic mass is 16.6. The Morgan fingerprint density at radius 2 is 1.85 bits per heavy atom. The molecule has 1 aliphatic heterocycles. The first-order chi connectivity index (χ1) is 15.5. The van der Waals surface area contributed by atoms with Gasteiger partial charge in [-0.25, -0.2) is 9.59 Å². The average molecular weight is 464 g/mol. The summed E-state index contributed by atoms with van der Waals surface area (Å²) in [5.41, 5.74) is 0.0364. The van der Waals surface area contributed by atoms with Crippen molar-refractivity contribution < 1.29 is 33.8 Å². The van der Waals surface area contributed by atoms with Gasteiger partial charge in [0, 0.05) is 13.0 Å². The number of carbonyl (C=O) groups is 4. The third kappa shape index (κ3) is 8.28. The number of nitrogens with one attached hydrogen (secondary N) is 2. The van der Waals surface area contributed by atoms with Crippen LogP contribution in [-0.4, -0.2) is 71.3 Å². The molecule has 2 atom stereocenters. The van der Waals surface area contributed by atoms with E-state index in [4.69, 9.17) is 9.47 Å². The van der Waals surface area contributed by atoms with Crippen LogP contribution in [-0.2, 0) is 30.3 Å². The molecule has 0 saturated carbocycles. The van der Waals surface area contributed by atoms with Crippen molar-refractivity contribution in [3.8, 4) is 5.75 Å². The summed E-state index contributed by atoms with van der Waals surface area (Å²) in [4.78, 5) is 51.1. The maximum Gasteiger partial charge on any atom is 0.410 e. The Kier molecular flexibility index (Phi) is 9.07. The SMILES string of the molecule is CCOC(=O)[C@H](Cc1ccc(O)cc1)NC(=O)CNC(=O)[C@H]1CCCN1C(=O)OC(C)(C)C. The molecule has 1 aromatic carbocycles. The number of phenols is 1. The lowest BCUT2D eigenvalue weighted by Crippen LogP contribution is -2.51. The minimum atomic E-state index is -0.955. The first-order valence-corrected chi connectivity index (χ1v) is 11.0. The fourth-order valence-corrected chi connectivity index (χ4v) is 3.41. The fourth-order valence-electron chi connectivity index (χ4n) is 3.41. The van der Waals surface area contributed by atoms with Gasteiger partial charge in [0.25, 0.3) is 0 Å². The zero-order valence-corrected chi connectivity index (χ0v) is 19.6. The summed E-state index contributed by atoms with van der Waals surface area (Å²) in [7, 11) is 0. The largest absolute Gasteiger partial charge is 0.508 e. The van der Waals surface area contributed by atoms with E-state index in [1.54, 1.807) is 39.8 Å². The second-order valence-electron chi connectivity index (χ2n) is 8.79. The van der Waals surface area contributed by atoms with Crippen LogP contribution in [0.2, 0.25) is 0 Å². The topological polar surface area (TPSA) is 134 Å². The smallest absolute Gasteiger partial charge is 0.410 e. The van der Waals surface area contributed by atoms with Gasteiger partial charge in [-0.05, 0) is 58.2 Å². The zero-order valence-electron chi connectivity index (χ0n) is 19.6. The Hall–Kier alpha value is -3.30. The first-order valence-electron chi connectivity index (χ1n) is 11.0. The summed E-state index contributed by atoms with van der Waals surface area (Å²) in [6, 6.07) is 4.57. The molecule has 0 unspecified atom stereocenters. The van der Waals surface area contributed by atoms with E-state index in [0.717, 1.165) is 0 Å². The van der Waals surface area contributed by atoms with Gasteiger partial charge in [0.1, 0.15) is 23.4 Å². The van der Waals surface area contributed by atoms with E-state index in [-0.39, 0.29) is 25.3 Å². The Morgan fingerprint density at radius 3 is 2.45 bits per heavy atom. The van der Waals surface area contributed by atoms with Gasteiger partial charge in [0.15, 0.2) is 0 Å². The maximum atomic E-state index is 12.6. The number of amides is 3. The number of phenolic OH excluding ortho intramolecular Hbond substituents is 1. The van der Waals surface area contributed by atoms with Gasteiger partial charge in [0.05, 0.1) is 13.2 Å². The van der Waals surface area contributed by atoms with Gasteiger partial charge in [-0.15, -0.1) is 0 Å². The van der Waals surface area contributed by atoms with E-state index in [0.29, 0.717) is 24.9 Å². The quantitative estimate of drug-likeness (QED) is 0.497. The van der Waals surface area contributed by atoms with Crippen LogP contribution in [0.3, 0.4) is 0 Å². The number of likely N-dealkylation sites (tertiary alicyclic amines) is 1. The predicted octanol–water partition coefficient (Wildman–Crippen LogP) is 1.50. The third-order valence-electron chi connectivity index (χ3n) is 4.89. The van der Waals surface area contributed by atoms with Gasteiger partial charge >= 0.3 is 12.1 Å². The van der Waals surface area contributed by atoms with E-state index >= 15 is 0 Å². The molecule has 0 aromatic heterocycles. The Bertz CT molecular complexity index is 849. The minimum Gasteiger partial charge on any atom is -0.508 e. The number of esters is 1. The number of benzene rings is 1. The normalized spacial score (nSPS) is 16.6. The highest BCUT2D eigenvalue weighted by Gasteiger charge is 2.36. The van der Waals surface area contributed by atoms with E-state index in [1.807, 2.05) is 0 Å². The molecule has 10 heteroatoms. The highest BCUT2D eigenvalue weighted by Crippen LogP contribution is 2.21. The number of hydrogen-bond acceptors (Lipinski definition) is 7. The molecule has 33 heavy (non-hydrogen) atoms. The molecule has 0 radical (unpaired) electrons. The van der Waals surface area contributed by atoms with Gasteiger partial charge in [-0.3, -0.25) is 14.5 Å². The van der Waals surface area contributed by atoms with E-state index in [2.05, 4.69) is 10.6 Å². The molecule has 0 spiro atoms. The molecule has 1 heterocycles. The van der Waals surface area contributed by atoms with E-state index in [1.165, 1.54) is 17.0 Å². The molecule has 2 rings (SSSR count). The van der Waals surface area contributed by atoms with Gasteiger partial charge in [-0.1, -0.05) is 12.1 Å². The number of carbonyl (C=O) groups excluding carboxylic acids is 4. The molecule has 0 aliphatic carbocycles. The number of rotatable bonds is 8. The molecular weight excluding hydrogens is 430 g/mol. The van der Waals surface area contributed by atoms with Crippen LogP contribution in [0.4, 0.5) is 4.79 Å². The van der Waals surface area contributed by atoms with Crippen LogP contribution in [0.25, 0.3) is 0 Å². The van der Waals surface area contributed by atoms with Crippen molar-refractivity contribution >= 4 is 23.9 Å². The summed E-state index contributed by atoms with van der Waals surface area (Å²) in [5, 5.41) is 14.5. The van der Waals surface area contributed by atoms with Gasteiger partial charge < -0.3 is 25.2 Å². The average Bonchev–Trinajstić information content (AvgIpc) is 3.22. The molecular formula is C23H33N3O7. The van der Waals surface area contributed by atoms with E-state index in [9.17, 15) is 24.3 Å². The van der Waals surface area contributed by atoms with Crippen LogP contribution >= 0.6 is 0 Å². The van der Waals surface area contributed by atoms with Crippen LogP contribution < -0.4 is 10.6 Å². The van der Waals surface area contributed by atoms with Crippen LogP contribution in [0, 0.1) is 0 Å². The number of nitrogens with zero attached hydrogens (tertiary/aromatic N) is 1. The second kappa shape index (κ2) is 11.5. The van der Waals surface area contributed by atoms with Crippen molar-refractivity contribution in [1.29, 1.82) is 0 Å². The standard InChI is InChI=1S/C23H33N3O7/c1-5-32-21(30)17(13-15-8-10-16(27)11-9-15)25-19(28)14-24-20(29)18-7-6-12-26(18)22(31)33-23(2,3)4/h8-11,17-18,27H,5-7,12-14H2,1-4H3,(H,24,29)(H,25,28)/t17-,18+/m0/s1. The molecule has 1 fully saturated rings. The summed E-state index contributed by atoms with van der Waals surface area (Å²) >= 11 is 0. The summed E-state index contributed by atoms with van der Waals surface area (Å²) in [6.45, 7) is 7.10. The molecule has 3 amide bonds. The first kappa shape index (κ1) is 26.0. The van der Waals surface area contributed by atoms with Crippen molar-refractivity contribution in [3.05, 3.63) is 29.8 Å². The molecule has 0 bridgehead atoms. The third-order valence-corrected chi connectivity index (χ3v) is 4.89. The molecule has 1 aliphatic rings.